The van der Waals surface area contributed by atoms with E-state index in [0.717, 1.165) is 12.3 Å². The van der Waals surface area contributed by atoms with Crippen LogP contribution in [0.2, 0.25) is 0 Å². The van der Waals surface area contributed by atoms with Crippen molar-refractivity contribution in [2.24, 2.45) is 7.05 Å². The van der Waals surface area contributed by atoms with E-state index < -0.39 is 36.8 Å². The predicted octanol–water partition coefficient (Wildman–Crippen LogP) is 1.23. The van der Waals surface area contributed by atoms with E-state index in [4.69, 9.17) is 9.47 Å². The van der Waals surface area contributed by atoms with E-state index in [9.17, 15) is 27.2 Å². The molecule has 0 bridgehead atoms. The number of H-pyrrole nitrogens is 2. The fourth-order valence-electron chi connectivity index (χ4n) is 2.96. The summed E-state index contributed by atoms with van der Waals surface area (Å²) in [5, 5.41) is 17.6. The van der Waals surface area contributed by atoms with E-state index in [1.165, 1.54) is 23.9 Å². The lowest BCUT2D eigenvalue weighted by atomic mass is 10.1. The summed E-state index contributed by atoms with van der Waals surface area (Å²) < 4.78 is 64.0. The number of pyridine rings is 1. The number of alkyl halides is 4. The van der Waals surface area contributed by atoms with Crippen molar-refractivity contribution in [2.45, 2.75) is 19.0 Å². The first kappa shape index (κ1) is 22.8. The highest BCUT2D eigenvalue weighted by molar-refractivity contribution is 5.83. The Kier molecular flexibility index (Phi) is 6.20. The van der Waals surface area contributed by atoms with E-state index in [1.54, 1.807) is 0 Å². The Labute approximate surface area is 185 Å². The van der Waals surface area contributed by atoms with Crippen LogP contribution in [0.15, 0.2) is 34.0 Å². The molecule has 178 valence electrons. The lowest BCUT2D eigenvalue weighted by molar-refractivity contribution is 0.00815. The minimum atomic E-state index is -3.06. The zero-order valence-electron chi connectivity index (χ0n) is 17.1. The van der Waals surface area contributed by atoms with Gasteiger partial charge >= 0.3 is 5.69 Å². The second kappa shape index (κ2) is 9.24. The van der Waals surface area contributed by atoms with Crippen LogP contribution in [-0.4, -0.2) is 59.6 Å². The summed E-state index contributed by atoms with van der Waals surface area (Å²) in [6, 6.07) is 3.55. The molecule has 4 aromatic rings. The number of rotatable bonds is 8. The summed E-state index contributed by atoms with van der Waals surface area (Å²) in [5.41, 5.74) is -1.99. The molecule has 1 unspecified atom stereocenters. The number of nitrogens with one attached hydrogen (secondary N) is 2. The minimum Gasteiger partial charge on any atom is -0.472 e. The van der Waals surface area contributed by atoms with Crippen molar-refractivity contribution in [2.75, 3.05) is 6.61 Å². The Bertz CT molecular complexity index is 1440. The molecule has 0 radical (unpaired) electrons. The zero-order valence-corrected chi connectivity index (χ0v) is 17.1. The lowest BCUT2D eigenvalue weighted by Crippen LogP contribution is -2.25. The maximum atomic E-state index is 13.9. The first-order chi connectivity index (χ1) is 16.2. The van der Waals surface area contributed by atoms with Crippen molar-refractivity contribution in [1.29, 1.82) is 0 Å². The molecule has 0 saturated carbocycles. The highest BCUT2D eigenvalue weighted by Crippen LogP contribution is 2.32. The van der Waals surface area contributed by atoms with E-state index >= 15 is 0 Å². The first-order valence-corrected chi connectivity index (χ1v) is 9.44. The van der Waals surface area contributed by atoms with Crippen molar-refractivity contribution in [3.05, 3.63) is 50.8 Å². The summed E-state index contributed by atoms with van der Waals surface area (Å²) in [6.07, 6.45) is -6.59. The maximum absolute atomic E-state index is 13.9. The van der Waals surface area contributed by atoms with E-state index in [2.05, 4.69) is 30.5 Å². The summed E-state index contributed by atoms with van der Waals surface area (Å²) >= 11 is 0. The molecule has 0 aromatic carbocycles. The smallest absolute Gasteiger partial charge is 0.342 e. The van der Waals surface area contributed by atoms with Crippen molar-refractivity contribution in [3.63, 3.8) is 0 Å². The molecule has 0 spiro atoms. The van der Waals surface area contributed by atoms with Gasteiger partial charge in [0.15, 0.2) is 24.1 Å². The van der Waals surface area contributed by atoms with Gasteiger partial charge in [-0.3, -0.25) is 9.78 Å². The van der Waals surface area contributed by atoms with Gasteiger partial charge in [0.05, 0.1) is 5.39 Å². The van der Waals surface area contributed by atoms with Crippen LogP contribution >= 0.6 is 0 Å². The summed E-state index contributed by atoms with van der Waals surface area (Å²) in [7, 11) is 1.47. The standard InChI is InChI=1S/C18H14F4N8O4/c1-30-15-8(5-9(25-27-15)12-16(31)24-18(32)28-26-12)17(29-30)34-13(14(21)22)7-2-3-23-11(4-7)33-6-10(19)20/h2-5,10,13-14H,6H2,1H3,(H2,24,28,31,32). The monoisotopic (exact) mass is 482 g/mol. The fraction of sp³-hybridized carbons (Fsp3) is 0.278. The molecule has 0 fully saturated rings. The number of aromatic nitrogens is 8. The van der Waals surface area contributed by atoms with Crippen molar-refractivity contribution in [1.82, 2.24) is 40.1 Å². The Morgan fingerprint density at radius 1 is 1.15 bits per heavy atom. The molecule has 2 N–H and O–H groups in total. The van der Waals surface area contributed by atoms with E-state index in [-0.39, 0.29) is 39.7 Å². The highest BCUT2D eigenvalue weighted by atomic mass is 19.3. The number of hydrogen-bond acceptors (Lipinski definition) is 9. The molecule has 12 nitrogen and oxygen atoms in total. The van der Waals surface area contributed by atoms with E-state index in [0.29, 0.717) is 0 Å². The average molecular weight is 482 g/mol. The van der Waals surface area contributed by atoms with Gasteiger partial charge in [0.2, 0.25) is 11.8 Å². The Balaban J connectivity index is 1.71. The van der Waals surface area contributed by atoms with Gasteiger partial charge in [-0.1, -0.05) is 0 Å². The molecule has 4 rings (SSSR count). The largest absolute Gasteiger partial charge is 0.472 e. The van der Waals surface area contributed by atoms with Gasteiger partial charge in [-0.25, -0.2) is 37.1 Å². The van der Waals surface area contributed by atoms with Gasteiger partial charge in [0, 0.05) is 24.9 Å². The molecule has 0 saturated heterocycles. The van der Waals surface area contributed by atoms with Crippen LogP contribution in [0.3, 0.4) is 0 Å². The number of hydrogen-bond donors (Lipinski definition) is 2. The summed E-state index contributed by atoms with van der Waals surface area (Å²) in [5.74, 6) is -0.555. The van der Waals surface area contributed by atoms with Gasteiger partial charge in [-0.05, 0) is 12.1 Å². The topological polar surface area (TPSA) is 154 Å². The van der Waals surface area contributed by atoms with Gasteiger partial charge in [0.1, 0.15) is 5.69 Å². The van der Waals surface area contributed by atoms with Crippen LogP contribution < -0.4 is 20.7 Å². The Morgan fingerprint density at radius 3 is 2.65 bits per heavy atom. The van der Waals surface area contributed by atoms with E-state index in [1.807, 2.05) is 4.98 Å². The molecular formula is C18H14F4N8O4. The van der Waals surface area contributed by atoms with Crippen LogP contribution in [0, 0.1) is 0 Å². The number of nitrogens with zero attached hydrogens (tertiary/aromatic N) is 6. The number of fused-ring (bicyclic) bond motifs is 1. The molecule has 34 heavy (non-hydrogen) atoms. The predicted molar refractivity (Wildman–Crippen MR) is 106 cm³/mol. The van der Waals surface area contributed by atoms with Gasteiger partial charge in [-0.15, -0.1) is 15.3 Å². The number of aryl methyl sites for hydroxylation is 1. The highest BCUT2D eigenvalue weighted by Gasteiger charge is 2.28. The van der Waals surface area contributed by atoms with Crippen molar-refractivity contribution in [3.8, 4) is 23.1 Å². The zero-order chi connectivity index (χ0) is 24.4. The Hall–Kier alpha value is -4.37. The molecule has 0 aliphatic rings. The van der Waals surface area contributed by atoms with Crippen LogP contribution in [0.4, 0.5) is 17.6 Å². The van der Waals surface area contributed by atoms with Gasteiger partial charge < -0.3 is 9.47 Å². The molecule has 0 amide bonds. The van der Waals surface area contributed by atoms with Crippen molar-refractivity contribution < 1.29 is 27.0 Å². The number of aromatic amines is 2. The van der Waals surface area contributed by atoms with Crippen LogP contribution in [0.25, 0.3) is 22.4 Å². The first-order valence-electron chi connectivity index (χ1n) is 9.44. The Morgan fingerprint density at radius 2 is 1.94 bits per heavy atom. The second-order valence-electron chi connectivity index (χ2n) is 6.75. The molecule has 0 aliphatic carbocycles. The van der Waals surface area contributed by atoms with Crippen LogP contribution in [0.1, 0.15) is 11.7 Å². The van der Waals surface area contributed by atoms with Crippen LogP contribution in [0.5, 0.6) is 11.8 Å². The third-order valence-electron chi connectivity index (χ3n) is 4.42. The van der Waals surface area contributed by atoms with Crippen LogP contribution in [-0.2, 0) is 7.05 Å². The summed E-state index contributed by atoms with van der Waals surface area (Å²) in [6.45, 7) is -0.957. The third kappa shape index (κ3) is 4.69. The SMILES string of the molecule is Cn1nc(OC(c2ccnc(OCC(F)F)c2)C(F)F)c2cc(-c3n[nH]c(=O)[nH]c3=O)nnc21. The molecular weight excluding hydrogens is 468 g/mol. The molecule has 4 aromatic heterocycles. The average Bonchev–Trinajstić information content (AvgIpc) is 3.10. The number of ether oxygens (including phenoxy) is 2. The molecule has 0 aliphatic heterocycles. The normalized spacial score (nSPS) is 12.4. The summed E-state index contributed by atoms with van der Waals surface area (Å²) in [4.78, 5) is 28.9. The quantitative estimate of drug-likeness (QED) is 0.353. The fourth-order valence-corrected chi connectivity index (χ4v) is 2.96. The van der Waals surface area contributed by atoms with Gasteiger partial charge in [0.25, 0.3) is 18.4 Å². The number of halogens is 4. The second-order valence-corrected chi connectivity index (χ2v) is 6.75. The maximum Gasteiger partial charge on any atom is 0.342 e. The third-order valence-corrected chi connectivity index (χ3v) is 4.42. The lowest BCUT2D eigenvalue weighted by Gasteiger charge is -2.18. The molecule has 4 heterocycles. The molecule has 16 heteroatoms. The minimum absolute atomic E-state index is 0.0805. The van der Waals surface area contributed by atoms with Crippen molar-refractivity contribution >= 4 is 11.0 Å². The van der Waals surface area contributed by atoms with Gasteiger partial charge in [-0.2, -0.15) is 5.10 Å². The molecule has 1 atom stereocenters.